The molecule has 0 aliphatic carbocycles. The molecule has 0 fully saturated rings. The molecule has 82 valence electrons. The second kappa shape index (κ2) is 5.60. The Kier molecular flexibility index (Phi) is 4.42. The van der Waals surface area contributed by atoms with Crippen molar-refractivity contribution in [3.63, 3.8) is 0 Å². The highest BCUT2D eigenvalue weighted by atomic mass is 32.2. The molecule has 0 spiro atoms. The monoisotopic (exact) mass is 226 g/mol. The van der Waals surface area contributed by atoms with Crippen LogP contribution in [-0.4, -0.2) is 17.7 Å². The van der Waals surface area contributed by atoms with Crippen molar-refractivity contribution in [2.24, 2.45) is 0 Å². The SMILES string of the molecule is CCNc1cc(CSC)ccc1[N+](=O)[O-]. The van der Waals surface area contributed by atoms with Crippen molar-refractivity contribution >= 4 is 23.1 Å². The van der Waals surface area contributed by atoms with Crippen LogP contribution in [0.3, 0.4) is 0 Å². The third-order valence-electron chi connectivity index (χ3n) is 1.94. The van der Waals surface area contributed by atoms with Crippen molar-refractivity contribution < 1.29 is 4.92 Å². The summed E-state index contributed by atoms with van der Waals surface area (Å²) in [6, 6.07) is 5.21. The fourth-order valence-electron chi connectivity index (χ4n) is 1.33. The maximum absolute atomic E-state index is 10.7. The number of nitrogens with one attached hydrogen (secondary N) is 1. The Balaban J connectivity index is 3.03. The van der Waals surface area contributed by atoms with Gasteiger partial charge in [0.1, 0.15) is 5.69 Å². The maximum atomic E-state index is 10.7. The zero-order chi connectivity index (χ0) is 11.3. The van der Waals surface area contributed by atoms with E-state index in [1.807, 2.05) is 19.2 Å². The lowest BCUT2D eigenvalue weighted by molar-refractivity contribution is -0.384. The van der Waals surface area contributed by atoms with Crippen LogP contribution in [-0.2, 0) is 5.75 Å². The zero-order valence-electron chi connectivity index (χ0n) is 8.82. The molecule has 5 heteroatoms. The summed E-state index contributed by atoms with van der Waals surface area (Å²) in [5, 5.41) is 13.7. The van der Waals surface area contributed by atoms with Crippen LogP contribution in [0.5, 0.6) is 0 Å². The molecule has 0 unspecified atom stereocenters. The van der Waals surface area contributed by atoms with Gasteiger partial charge >= 0.3 is 0 Å². The number of benzene rings is 1. The number of hydrogen-bond donors (Lipinski definition) is 1. The third-order valence-corrected chi connectivity index (χ3v) is 2.56. The Bertz CT molecular complexity index is 355. The number of thioether (sulfide) groups is 1. The predicted octanol–water partition coefficient (Wildman–Crippen LogP) is 2.89. The summed E-state index contributed by atoms with van der Waals surface area (Å²) >= 11 is 1.70. The summed E-state index contributed by atoms with van der Waals surface area (Å²) < 4.78 is 0. The lowest BCUT2D eigenvalue weighted by atomic mass is 10.2. The largest absolute Gasteiger partial charge is 0.380 e. The molecule has 15 heavy (non-hydrogen) atoms. The fraction of sp³-hybridized carbons (Fsp3) is 0.400. The Morgan fingerprint density at radius 2 is 2.27 bits per heavy atom. The molecule has 0 aliphatic rings. The Labute approximate surface area is 93.2 Å². The first-order chi connectivity index (χ1) is 7.19. The topological polar surface area (TPSA) is 55.2 Å². The van der Waals surface area contributed by atoms with E-state index in [9.17, 15) is 10.1 Å². The van der Waals surface area contributed by atoms with Crippen LogP contribution in [0.25, 0.3) is 0 Å². The van der Waals surface area contributed by atoms with Crippen LogP contribution < -0.4 is 5.32 Å². The minimum Gasteiger partial charge on any atom is -0.380 e. The van der Waals surface area contributed by atoms with Crippen molar-refractivity contribution in [1.82, 2.24) is 0 Å². The Morgan fingerprint density at radius 1 is 1.53 bits per heavy atom. The quantitative estimate of drug-likeness (QED) is 0.619. The van der Waals surface area contributed by atoms with Gasteiger partial charge in [0.05, 0.1) is 4.92 Å². The molecule has 1 rings (SSSR count). The van der Waals surface area contributed by atoms with Crippen LogP contribution in [0, 0.1) is 10.1 Å². The van der Waals surface area contributed by atoms with Crippen molar-refractivity contribution in [2.45, 2.75) is 12.7 Å². The van der Waals surface area contributed by atoms with Gasteiger partial charge in [-0.1, -0.05) is 6.07 Å². The van der Waals surface area contributed by atoms with E-state index in [4.69, 9.17) is 0 Å². The van der Waals surface area contributed by atoms with Gasteiger partial charge in [-0.3, -0.25) is 10.1 Å². The van der Waals surface area contributed by atoms with Gasteiger partial charge in [-0.2, -0.15) is 11.8 Å². The van der Waals surface area contributed by atoms with Crippen LogP contribution >= 0.6 is 11.8 Å². The number of nitro benzene ring substituents is 1. The summed E-state index contributed by atoms with van der Waals surface area (Å²) in [4.78, 5) is 10.4. The Morgan fingerprint density at radius 3 is 2.80 bits per heavy atom. The molecule has 0 aliphatic heterocycles. The second-order valence-electron chi connectivity index (χ2n) is 3.07. The molecule has 0 saturated heterocycles. The van der Waals surface area contributed by atoms with E-state index in [1.54, 1.807) is 23.9 Å². The van der Waals surface area contributed by atoms with E-state index in [2.05, 4.69) is 5.32 Å². The fourth-order valence-corrected chi connectivity index (χ4v) is 1.84. The number of anilines is 1. The van der Waals surface area contributed by atoms with Crippen LogP contribution in [0.2, 0.25) is 0 Å². The molecule has 1 aromatic rings. The van der Waals surface area contributed by atoms with Crippen molar-refractivity contribution in [2.75, 3.05) is 18.1 Å². The van der Waals surface area contributed by atoms with E-state index in [1.165, 1.54) is 0 Å². The lowest BCUT2D eigenvalue weighted by Crippen LogP contribution is -2.01. The summed E-state index contributed by atoms with van der Waals surface area (Å²) in [6.45, 7) is 2.61. The van der Waals surface area contributed by atoms with E-state index in [-0.39, 0.29) is 10.6 Å². The van der Waals surface area contributed by atoms with Crippen LogP contribution in [0.1, 0.15) is 12.5 Å². The second-order valence-corrected chi connectivity index (χ2v) is 3.94. The van der Waals surface area contributed by atoms with Gasteiger partial charge in [-0.25, -0.2) is 0 Å². The molecule has 0 atom stereocenters. The van der Waals surface area contributed by atoms with E-state index in [0.29, 0.717) is 12.2 Å². The van der Waals surface area contributed by atoms with Crippen molar-refractivity contribution in [3.8, 4) is 0 Å². The molecule has 0 radical (unpaired) electrons. The number of nitro groups is 1. The number of hydrogen-bond acceptors (Lipinski definition) is 4. The van der Waals surface area contributed by atoms with Gasteiger partial charge in [0, 0.05) is 18.4 Å². The van der Waals surface area contributed by atoms with Crippen molar-refractivity contribution in [1.29, 1.82) is 0 Å². The summed E-state index contributed by atoms with van der Waals surface area (Å²) in [5.41, 5.74) is 1.85. The normalized spacial score (nSPS) is 10.0. The first kappa shape index (κ1) is 11.8. The molecule has 4 nitrogen and oxygen atoms in total. The van der Waals surface area contributed by atoms with Gasteiger partial charge in [0.15, 0.2) is 0 Å². The van der Waals surface area contributed by atoms with Gasteiger partial charge < -0.3 is 5.32 Å². The third kappa shape index (κ3) is 3.13. The van der Waals surface area contributed by atoms with E-state index < -0.39 is 0 Å². The standard InChI is InChI=1S/C10H14N2O2S/c1-3-11-9-6-8(7-15-2)4-5-10(9)12(13)14/h4-6,11H,3,7H2,1-2H3. The highest BCUT2D eigenvalue weighted by molar-refractivity contribution is 7.97. The van der Waals surface area contributed by atoms with Gasteiger partial charge in [0.2, 0.25) is 0 Å². The highest BCUT2D eigenvalue weighted by Gasteiger charge is 2.12. The van der Waals surface area contributed by atoms with Gasteiger partial charge in [-0.05, 0) is 24.8 Å². The minimum atomic E-state index is -0.360. The smallest absolute Gasteiger partial charge is 0.292 e. The van der Waals surface area contributed by atoms with Crippen LogP contribution in [0.15, 0.2) is 18.2 Å². The summed E-state index contributed by atoms with van der Waals surface area (Å²) in [7, 11) is 0. The number of rotatable bonds is 5. The molecule has 0 aromatic heterocycles. The molecule has 0 saturated carbocycles. The van der Waals surface area contributed by atoms with Gasteiger partial charge in [0.25, 0.3) is 5.69 Å². The predicted molar refractivity (Wildman–Crippen MR) is 64.5 cm³/mol. The van der Waals surface area contributed by atoms with Crippen molar-refractivity contribution in [3.05, 3.63) is 33.9 Å². The van der Waals surface area contributed by atoms with Crippen LogP contribution in [0.4, 0.5) is 11.4 Å². The molecule has 0 amide bonds. The molecular formula is C10H14N2O2S. The lowest BCUT2D eigenvalue weighted by Gasteiger charge is -2.06. The molecule has 1 N–H and O–H groups in total. The zero-order valence-corrected chi connectivity index (χ0v) is 9.63. The van der Waals surface area contributed by atoms with Gasteiger partial charge in [-0.15, -0.1) is 0 Å². The average Bonchev–Trinajstić information content (AvgIpc) is 2.18. The summed E-state index contributed by atoms with van der Waals surface area (Å²) in [5.74, 6) is 0.871. The van der Waals surface area contributed by atoms with E-state index >= 15 is 0 Å². The number of nitrogens with zero attached hydrogens (tertiary/aromatic N) is 1. The Hall–Kier alpha value is -1.23. The highest BCUT2D eigenvalue weighted by Crippen LogP contribution is 2.26. The molecule has 0 bridgehead atoms. The minimum absolute atomic E-state index is 0.140. The van der Waals surface area contributed by atoms with E-state index in [0.717, 1.165) is 11.3 Å². The maximum Gasteiger partial charge on any atom is 0.292 e. The first-order valence-electron chi connectivity index (χ1n) is 4.69. The molecule has 0 heterocycles. The average molecular weight is 226 g/mol. The summed E-state index contributed by atoms with van der Waals surface area (Å²) in [6.07, 6.45) is 2.01. The first-order valence-corrected chi connectivity index (χ1v) is 6.08. The molecular weight excluding hydrogens is 212 g/mol. The molecule has 1 aromatic carbocycles.